The maximum Gasteiger partial charge on any atom is 0.490 e. The second-order valence-electron chi connectivity index (χ2n) is 6.63. The molecule has 2 heterocycles. The lowest BCUT2D eigenvalue weighted by atomic mass is 10.1. The van der Waals surface area contributed by atoms with Gasteiger partial charge in [-0.1, -0.05) is 0 Å². The summed E-state index contributed by atoms with van der Waals surface area (Å²) in [7, 11) is 1.70. The van der Waals surface area contributed by atoms with E-state index in [1.54, 1.807) is 13.1 Å². The monoisotopic (exact) mass is 439 g/mol. The number of nitrogens with two attached hydrogens (primary N) is 1. The Labute approximate surface area is 173 Å². The van der Waals surface area contributed by atoms with Crippen LogP contribution in [0.25, 0.3) is 10.9 Å². The standard InChI is InChI=1S/C17H19N5O2.C2HF3O2/c1-9-5-16(23)19-14-4-10(2)13(7-12(9)14)20-17(24)15-6-11(8-18)21-22(15)3;3-2(4,5)1(6)7/h4-7H,8,18H2,1-3H3,(H,19,23)(H,20,24);(H,6,7). The molecule has 0 fully saturated rings. The normalized spacial score (nSPS) is 11.1. The van der Waals surface area contributed by atoms with Crippen molar-refractivity contribution in [3.8, 4) is 0 Å². The van der Waals surface area contributed by atoms with E-state index in [1.165, 1.54) is 10.7 Å². The first-order valence-electron chi connectivity index (χ1n) is 8.82. The van der Waals surface area contributed by atoms with Crippen molar-refractivity contribution in [2.24, 2.45) is 12.8 Å². The van der Waals surface area contributed by atoms with E-state index >= 15 is 0 Å². The van der Waals surface area contributed by atoms with Gasteiger partial charge in [0.2, 0.25) is 5.56 Å². The Kier molecular flexibility index (Phi) is 6.85. The zero-order chi connectivity index (χ0) is 23.5. The minimum atomic E-state index is -5.08. The lowest BCUT2D eigenvalue weighted by Gasteiger charge is -2.11. The third-order valence-corrected chi connectivity index (χ3v) is 4.26. The number of aryl methyl sites for hydroxylation is 3. The number of pyridine rings is 1. The second-order valence-corrected chi connectivity index (χ2v) is 6.63. The molecule has 166 valence electrons. The largest absolute Gasteiger partial charge is 0.490 e. The van der Waals surface area contributed by atoms with Crippen LogP contribution >= 0.6 is 0 Å². The highest BCUT2D eigenvalue weighted by Gasteiger charge is 2.38. The molecule has 0 bridgehead atoms. The number of carboxylic acids is 1. The Bertz CT molecular complexity index is 1200. The van der Waals surface area contributed by atoms with E-state index in [-0.39, 0.29) is 18.0 Å². The van der Waals surface area contributed by atoms with Crippen LogP contribution in [-0.2, 0) is 18.4 Å². The summed E-state index contributed by atoms with van der Waals surface area (Å²) in [5, 5.41) is 15.1. The molecule has 5 N–H and O–H groups in total. The van der Waals surface area contributed by atoms with E-state index in [4.69, 9.17) is 15.6 Å². The van der Waals surface area contributed by atoms with Crippen LogP contribution in [0.3, 0.4) is 0 Å². The van der Waals surface area contributed by atoms with Crippen LogP contribution in [0.15, 0.2) is 29.1 Å². The lowest BCUT2D eigenvalue weighted by molar-refractivity contribution is -0.192. The number of carbonyl (C=O) groups is 2. The maximum atomic E-state index is 12.5. The molecule has 3 aromatic rings. The van der Waals surface area contributed by atoms with Crippen LogP contribution in [0.1, 0.15) is 27.3 Å². The first-order chi connectivity index (χ1) is 14.3. The molecule has 2 aromatic heterocycles. The van der Waals surface area contributed by atoms with E-state index in [0.29, 0.717) is 17.1 Å². The van der Waals surface area contributed by atoms with Gasteiger partial charge in [-0.05, 0) is 43.2 Å². The Morgan fingerprint density at radius 2 is 1.81 bits per heavy atom. The zero-order valence-electron chi connectivity index (χ0n) is 16.8. The molecule has 12 heteroatoms. The first kappa shape index (κ1) is 23.6. The zero-order valence-corrected chi connectivity index (χ0v) is 16.8. The number of benzene rings is 1. The Hall–Kier alpha value is -3.67. The summed E-state index contributed by atoms with van der Waals surface area (Å²) in [6.45, 7) is 4.03. The number of nitrogens with one attached hydrogen (secondary N) is 2. The van der Waals surface area contributed by atoms with Gasteiger partial charge < -0.3 is 21.1 Å². The highest BCUT2D eigenvalue weighted by atomic mass is 19.4. The fourth-order valence-electron chi connectivity index (χ4n) is 2.74. The summed E-state index contributed by atoms with van der Waals surface area (Å²) in [5.41, 5.74) is 9.68. The van der Waals surface area contributed by atoms with E-state index in [0.717, 1.165) is 22.0 Å². The topological polar surface area (TPSA) is 143 Å². The predicted molar refractivity (Wildman–Crippen MR) is 107 cm³/mol. The number of alkyl halides is 3. The van der Waals surface area contributed by atoms with E-state index in [2.05, 4.69) is 15.4 Å². The summed E-state index contributed by atoms with van der Waals surface area (Å²) in [4.78, 5) is 35.8. The first-order valence-corrected chi connectivity index (χ1v) is 8.82. The van der Waals surface area contributed by atoms with Gasteiger partial charge in [0.05, 0.1) is 5.69 Å². The number of aromatic amines is 1. The SMILES string of the molecule is Cc1cc2[nH]c(=O)cc(C)c2cc1NC(=O)c1cc(CN)nn1C.O=C(O)C(F)(F)F. The van der Waals surface area contributed by atoms with Gasteiger partial charge in [-0.15, -0.1) is 0 Å². The summed E-state index contributed by atoms with van der Waals surface area (Å²) in [6.07, 6.45) is -5.08. The van der Waals surface area contributed by atoms with Gasteiger partial charge in [-0.2, -0.15) is 18.3 Å². The van der Waals surface area contributed by atoms with Crippen LogP contribution < -0.4 is 16.6 Å². The van der Waals surface area contributed by atoms with Gasteiger partial charge in [0, 0.05) is 36.2 Å². The van der Waals surface area contributed by atoms with Crippen molar-refractivity contribution in [2.75, 3.05) is 5.32 Å². The molecule has 0 radical (unpaired) electrons. The number of aromatic nitrogens is 3. The van der Waals surface area contributed by atoms with Crippen molar-refractivity contribution in [3.63, 3.8) is 0 Å². The van der Waals surface area contributed by atoms with E-state index < -0.39 is 12.1 Å². The fourth-order valence-corrected chi connectivity index (χ4v) is 2.74. The van der Waals surface area contributed by atoms with Crippen molar-refractivity contribution in [1.29, 1.82) is 0 Å². The number of amides is 1. The molecule has 9 nitrogen and oxygen atoms in total. The second kappa shape index (κ2) is 9.00. The number of fused-ring (bicyclic) bond motifs is 1. The molecule has 0 aliphatic carbocycles. The highest BCUT2D eigenvalue weighted by Crippen LogP contribution is 2.24. The third-order valence-electron chi connectivity index (χ3n) is 4.26. The third kappa shape index (κ3) is 5.69. The molecule has 1 aromatic carbocycles. The van der Waals surface area contributed by atoms with Crippen molar-refractivity contribution in [1.82, 2.24) is 14.8 Å². The van der Waals surface area contributed by atoms with Gasteiger partial charge >= 0.3 is 12.1 Å². The Morgan fingerprint density at radius 3 is 2.32 bits per heavy atom. The quantitative estimate of drug-likeness (QED) is 0.493. The fraction of sp³-hybridized carbons (Fsp3) is 0.263. The van der Waals surface area contributed by atoms with Crippen molar-refractivity contribution < 1.29 is 27.9 Å². The summed E-state index contributed by atoms with van der Waals surface area (Å²) >= 11 is 0. The molecule has 0 saturated heterocycles. The maximum absolute atomic E-state index is 12.5. The smallest absolute Gasteiger partial charge is 0.475 e. The Morgan fingerprint density at radius 1 is 1.19 bits per heavy atom. The summed E-state index contributed by atoms with van der Waals surface area (Å²) < 4.78 is 33.2. The van der Waals surface area contributed by atoms with Gasteiger partial charge in [0.1, 0.15) is 5.69 Å². The number of carbonyl (C=O) groups excluding carboxylic acids is 1. The molecule has 0 atom stereocenters. The van der Waals surface area contributed by atoms with Crippen molar-refractivity contribution in [2.45, 2.75) is 26.6 Å². The van der Waals surface area contributed by atoms with Crippen LogP contribution in [-0.4, -0.2) is 37.9 Å². The minimum absolute atomic E-state index is 0.139. The number of halogens is 3. The number of anilines is 1. The summed E-state index contributed by atoms with van der Waals surface area (Å²) in [5.74, 6) is -3.01. The number of carboxylic acid groups (broad SMARTS) is 1. The number of aliphatic carboxylic acids is 1. The molecular weight excluding hydrogens is 419 g/mol. The molecule has 0 saturated carbocycles. The number of H-pyrrole nitrogens is 1. The molecule has 0 aliphatic rings. The molecule has 0 spiro atoms. The molecule has 0 aliphatic heterocycles. The average molecular weight is 439 g/mol. The van der Waals surface area contributed by atoms with Crippen LogP contribution in [0, 0.1) is 13.8 Å². The van der Waals surface area contributed by atoms with Crippen LogP contribution in [0.2, 0.25) is 0 Å². The van der Waals surface area contributed by atoms with Gasteiger partial charge in [0.25, 0.3) is 5.91 Å². The van der Waals surface area contributed by atoms with Crippen LogP contribution in [0.5, 0.6) is 0 Å². The van der Waals surface area contributed by atoms with Crippen molar-refractivity contribution in [3.05, 3.63) is 57.1 Å². The van der Waals surface area contributed by atoms with Gasteiger partial charge in [-0.25, -0.2) is 4.79 Å². The number of rotatable bonds is 3. The molecule has 1 amide bonds. The average Bonchev–Trinajstić information content (AvgIpc) is 3.03. The van der Waals surface area contributed by atoms with Crippen LogP contribution in [0.4, 0.5) is 18.9 Å². The van der Waals surface area contributed by atoms with Crippen molar-refractivity contribution >= 4 is 28.5 Å². The molecular formula is C19H20F3N5O4. The molecule has 3 rings (SSSR count). The molecule has 0 unspecified atom stereocenters. The van der Waals surface area contributed by atoms with Gasteiger partial charge in [-0.3, -0.25) is 14.3 Å². The van der Waals surface area contributed by atoms with Gasteiger partial charge in [0.15, 0.2) is 0 Å². The predicted octanol–water partition coefficient (Wildman–Crippen LogP) is 2.22. The van der Waals surface area contributed by atoms with E-state index in [1.807, 2.05) is 26.0 Å². The Balaban J connectivity index is 0.000000423. The van der Waals surface area contributed by atoms with E-state index in [9.17, 15) is 22.8 Å². The number of hydrogen-bond donors (Lipinski definition) is 4. The molecule has 31 heavy (non-hydrogen) atoms. The highest BCUT2D eigenvalue weighted by molar-refractivity contribution is 6.04. The number of nitrogens with zero attached hydrogens (tertiary/aromatic N) is 2. The number of hydrogen-bond acceptors (Lipinski definition) is 5. The lowest BCUT2D eigenvalue weighted by Crippen LogP contribution is -2.21. The summed E-state index contributed by atoms with van der Waals surface area (Å²) in [6, 6.07) is 6.94. The minimum Gasteiger partial charge on any atom is -0.475 e.